The van der Waals surface area contributed by atoms with Crippen LogP contribution in [0.2, 0.25) is 10.0 Å². The summed E-state index contributed by atoms with van der Waals surface area (Å²) in [5, 5.41) is 3.10. The van der Waals surface area contributed by atoms with Crippen LogP contribution in [0, 0.1) is 5.92 Å². The van der Waals surface area contributed by atoms with Crippen LogP contribution in [0.1, 0.15) is 42.1 Å². The second-order valence-corrected chi connectivity index (χ2v) is 13.0. The molecular formula is C20H17Cl2F6N3O6S2. The predicted octanol–water partition coefficient (Wildman–Crippen LogP) is 4.58. The van der Waals surface area contributed by atoms with Gasteiger partial charge in [-0.1, -0.05) is 23.2 Å². The van der Waals surface area contributed by atoms with E-state index in [0.29, 0.717) is 12.8 Å². The highest BCUT2D eigenvalue weighted by Crippen LogP contribution is 2.41. The number of carbonyl (C=O) groups excluding carboxylic acids is 1. The number of nitrogens with zero attached hydrogens (tertiary/aromatic N) is 3. The lowest BCUT2D eigenvalue weighted by Gasteiger charge is -2.31. The van der Waals surface area contributed by atoms with Gasteiger partial charge in [-0.05, 0) is 37.7 Å². The fraction of sp³-hybridized carbons (Fsp3) is 0.500. The van der Waals surface area contributed by atoms with Crippen molar-refractivity contribution >= 4 is 49.3 Å². The monoisotopic (exact) mass is 643 g/mol. The molecule has 0 N–H and O–H groups in total. The summed E-state index contributed by atoms with van der Waals surface area (Å²) < 4.78 is 127. The molecule has 0 spiro atoms. The summed E-state index contributed by atoms with van der Waals surface area (Å²) in [4.78, 5) is 14.7. The SMILES string of the molecule is O=C1[C@H](Cc2c(Cl)cc(OS(=O)(=O)C(F)(F)F)cc2Cl)CCN1C1CCCc2nn(S(=O)(=O)C(F)(F)F)cc21. The van der Waals surface area contributed by atoms with Gasteiger partial charge in [0.15, 0.2) is 0 Å². The summed E-state index contributed by atoms with van der Waals surface area (Å²) in [7, 11) is -11.7. The fourth-order valence-corrected chi connectivity index (χ4v) is 6.28. The Labute approximate surface area is 227 Å². The molecule has 9 nitrogen and oxygen atoms in total. The van der Waals surface area contributed by atoms with E-state index < -0.39 is 54.8 Å². The van der Waals surface area contributed by atoms with Crippen LogP contribution in [0.5, 0.6) is 5.75 Å². The molecule has 0 radical (unpaired) electrons. The van der Waals surface area contributed by atoms with Crippen molar-refractivity contribution in [2.75, 3.05) is 6.54 Å². The van der Waals surface area contributed by atoms with E-state index in [2.05, 4.69) is 9.28 Å². The van der Waals surface area contributed by atoms with Crippen LogP contribution in [0.3, 0.4) is 0 Å². The third-order valence-electron chi connectivity index (χ3n) is 6.37. The number of fused-ring (bicyclic) bond motifs is 1. The molecule has 1 amide bonds. The van der Waals surface area contributed by atoms with E-state index in [0.717, 1.165) is 18.3 Å². The van der Waals surface area contributed by atoms with Gasteiger partial charge in [0.1, 0.15) is 5.75 Å². The second-order valence-electron chi connectivity index (χ2n) is 8.83. The van der Waals surface area contributed by atoms with Crippen LogP contribution >= 0.6 is 23.2 Å². The third kappa shape index (κ3) is 5.54. The largest absolute Gasteiger partial charge is 0.534 e. The molecule has 2 atom stereocenters. The topological polar surface area (TPSA) is 116 Å². The van der Waals surface area contributed by atoms with Crippen LogP contribution in [0.15, 0.2) is 18.3 Å². The van der Waals surface area contributed by atoms with E-state index >= 15 is 0 Å². The third-order valence-corrected chi connectivity index (χ3v) is 9.29. The van der Waals surface area contributed by atoms with Crippen molar-refractivity contribution in [2.45, 2.75) is 49.2 Å². The highest BCUT2D eigenvalue weighted by Gasteiger charge is 2.50. The summed E-state index contributed by atoms with van der Waals surface area (Å²) in [6, 6.07) is 0.899. The molecule has 1 aliphatic heterocycles. The Balaban J connectivity index is 1.54. The molecule has 0 saturated carbocycles. The molecule has 4 rings (SSSR count). The van der Waals surface area contributed by atoms with E-state index in [-0.39, 0.29) is 56.8 Å². The molecule has 19 heteroatoms. The standard InChI is InChI=1S/C20H17Cl2F6N3O6S2/c21-14-7-11(37-39(35,36)20(26,27)28)8-15(22)12(14)6-10-4-5-30(18(10)32)17-3-1-2-16-13(17)9-31(29-16)38(33,34)19(23,24)25/h7-10,17H,1-6H2/t10-,17?/m0/s1. The Morgan fingerprint density at radius 1 is 1.00 bits per heavy atom. The van der Waals surface area contributed by atoms with Gasteiger partial charge >= 0.3 is 31.2 Å². The van der Waals surface area contributed by atoms with E-state index in [1.807, 2.05) is 0 Å². The minimum absolute atomic E-state index is 0.0827. The smallest absolute Gasteiger partial charge is 0.376 e. The van der Waals surface area contributed by atoms with E-state index in [1.165, 1.54) is 4.90 Å². The lowest BCUT2D eigenvalue weighted by molar-refractivity contribution is -0.133. The molecule has 216 valence electrons. The van der Waals surface area contributed by atoms with Crippen molar-refractivity contribution in [3.05, 3.63) is 45.2 Å². The number of benzene rings is 1. The number of alkyl halides is 6. The average molecular weight is 644 g/mol. The molecule has 2 heterocycles. The van der Waals surface area contributed by atoms with Gasteiger partial charge in [-0.3, -0.25) is 4.79 Å². The Morgan fingerprint density at radius 3 is 2.18 bits per heavy atom. The molecule has 2 aliphatic rings. The lowest BCUT2D eigenvalue weighted by Crippen LogP contribution is -2.34. The maximum absolute atomic E-state index is 13.3. The van der Waals surface area contributed by atoms with Crippen molar-refractivity contribution in [3.63, 3.8) is 0 Å². The Morgan fingerprint density at radius 2 is 1.62 bits per heavy atom. The molecule has 0 bridgehead atoms. The zero-order valence-corrected chi connectivity index (χ0v) is 22.4. The number of amides is 1. The first-order valence-corrected chi connectivity index (χ1v) is 14.6. The normalized spacial score (nSPS) is 20.8. The molecule has 1 aromatic carbocycles. The van der Waals surface area contributed by atoms with Crippen molar-refractivity contribution in [1.29, 1.82) is 0 Å². The minimum Gasteiger partial charge on any atom is -0.376 e. The molecule has 2 aromatic rings. The first-order valence-electron chi connectivity index (χ1n) is 11.0. The molecule has 39 heavy (non-hydrogen) atoms. The van der Waals surface area contributed by atoms with Crippen molar-refractivity contribution in [1.82, 2.24) is 14.1 Å². The maximum Gasteiger partial charge on any atom is 0.534 e. The van der Waals surface area contributed by atoms with Crippen LogP contribution in [-0.2, 0) is 37.8 Å². The number of hydrogen-bond acceptors (Lipinski definition) is 7. The number of hydrogen-bond donors (Lipinski definition) is 0. The number of likely N-dealkylation sites (tertiary alicyclic amines) is 1. The number of rotatable bonds is 6. The molecule has 1 aliphatic carbocycles. The zero-order valence-electron chi connectivity index (χ0n) is 19.3. The Hall–Kier alpha value is -2.24. The van der Waals surface area contributed by atoms with E-state index in [4.69, 9.17) is 23.2 Å². The van der Waals surface area contributed by atoms with Crippen LogP contribution < -0.4 is 4.18 Å². The summed E-state index contributed by atoms with van der Waals surface area (Å²) in [6.07, 6.45) is 1.96. The number of halogens is 8. The van der Waals surface area contributed by atoms with Crippen LogP contribution in [0.4, 0.5) is 26.3 Å². The summed E-state index contributed by atoms with van der Waals surface area (Å²) in [5.74, 6) is -1.94. The Kier molecular flexibility index (Phi) is 7.62. The zero-order chi connectivity index (χ0) is 29.1. The summed E-state index contributed by atoms with van der Waals surface area (Å²) in [6.45, 7) is 0.172. The first kappa shape index (κ1) is 29.7. The van der Waals surface area contributed by atoms with Gasteiger partial charge in [0.25, 0.3) is 0 Å². The van der Waals surface area contributed by atoms with E-state index in [9.17, 15) is 48.0 Å². The minimum atomic E-state index is -5.97. The maximum atomic E-state index is 13.3. The molecular weight excluding hydrogens is 627 g/mol. The fourth-order valence-electron chi connectivity index (χ4n) is 4.55. The van der Waals surface area contributed by atoms with Gasteiger partial charge in [-0.2, -0.15) is 52.4 Å². The average Bonchev–Trinajstić information content (AvgIpc) is 3.38. The van der Waals surface area contributed by atoms with Crippen LogP contribution in [-0.4, -0.2) is 54.4 Å². The number of aromatic nitrogens is 2. The quantitative estimate of drug-likeness (QED) is 0.257. The van der Waals surface area contributed by atoms with Gasteiger partial charge in [0.05, 0.1) is 11.7 Å². The summed E-state index contributed by atoms with van der Waals surface area (Å²) >= 11 is 12.2. The molecule has 1 aromatic heterocycles. The van der Waals surface area contributed by atoms with Gasteiger partial charge < -0.3 is 9.08 Å². The number of aryl methyl sites for hydroxylation is 1. The van der Waals surface area contributed by atoms with Gasteiger partial charge in [0.2, 0.25) is 5.91 Å². The van der Waals surface area contributed by atoms with E-state index in [1.54, 1.807) is 0 Å². The van der Waals surface area contributed by atoms with Crippen molar-refractivity contribution in [3.8, 4) is 5.75 Å². The second kappa shape index (κ2) is 9.99. The highest BCUT2D eigenvalue weighted by molar-refractivity contribution is 7.90. The first-order chi connectivity index (χ1) is 17.8. The molecule has 1 unspecified atom stereocenters. The number of carbonyl (C=O) groups is 1. The van der Waals surface area contributed by atoms with Crippen LogP contribution in [0.25, 0.3) is 0 Å². The van der Waals surface area contributed by atoms with Gasteiger partial charge in [-0.25, -0.2) is 0 Å². The summed E-state index contributed by atoms with van der Waals surface area (Å²) in [5.41, 5.74) is -10.8. The molecule has 1 fully saturated rings. The lowest BCUT2D eigenvalue weighted by atomic mass is 9.92. The highest BCUT2D eigenvalue weighted by atomic mass is 35.5. The Bertz CT molecular complexity index is 1500. The molecule has 1 saturated heterocycles. The van der Waals surface area contributed by atoms with Gasteiger partial charge in [-0.15, -0.1) is 0 Å². The van der Waals surface area contributed by atoms with Crippen molar-refractivity contribution < 1.29 is 52.2 Å². The van der Waals surface area contributed by atoms with Gasteiger partial charge in [0, 0.05) is 46.4 Å². The van der Waals surface area contributed by atoms with Crippen molar-refractivity contribution in [2.24, 2.45) is 5.92 Å². The predicted molar refractivity (Wildman–Crippen MR) is 124 cm³/mol.